The zero-order valence-electron chi connectivity index (χ0n) is 19.3. The van der Waals surface area contributed by atoms with Gasteiger partial charge in [0.25, 0.3) is 11.7 Å². The quantitative estimate of drug-likeness (QED) is 0.298. The number of amides is 1. The van der Waals surface area contributed by atoms with Crippen LogP contribution < -0.4 is 10.1 Å². The molecule has 1 aliphatic rings. The van der Waals surface area contributed by atoms with E-state index in [9.17, 15) is 22.8 Å². The van der Waals surface area contributed by atoms with Crippen LogP contribution in [-0.2, 0) is 17.5 Å². The highest BCUT2D eigenvalue weighted by atomic mass is 35.5. The van der Waals surface area contributed by atoms with Gasteiger partial charge in [-0.1, -0.05) is 43.0 Å². The van der Waals surface area contributed by atoms with E-state index in [2.05, 4.69) is 5.32 Å². The smallest absolute Gasteiger partial charge is 0.432 e. The maximum absolute atomic E-state index is 14.5. The van der Waals surface area contributed by atoms with E-state index >= 15 is 0 Å². The monoisotopic (exact) mass is 506 g/mol. The lowest BCUT2D eigenvalue weighted by Crippen LogP contribution is -2.40. The largest absolute Gasteiger partial charge is 0.494 e. The van der Waals surface area contributed by atoms with Crippen LogP contribution in [0.1, 0.15) is 60.6 Å². The number of hydrogen-bond acceptors (Lipinski definition) is 3. The predicted octanol–water partition coefficient (Wildman–Crippen LogP) is 6.39. The van der Waals surface area contributed by atoms with Gasteiger partial charge in [-0.15, -0.1) is 0 Å². The zero-order chi connectivity index (χ0) is 25.2. The SMILES string of the molecule is CCOc1ccc2c(c1)c(C(=O)C(=O)NC1CCCCC1)c(C(F)(F)F)n2Cc1ccc(Cl)cc1. The minimum absolute atomic E-state index is 0.0287. The van der Waals surface area contributed by atoms with E-state index in [1.54, 1.807) is 37.3 Å². The molecule has 0 aliphatic heterocycles. The van der Waals surface area contributed by atoms with Crippen LogP contribution in [0, 0.1) is 0 Å². The highest BCUT2D eigenvalue weighted by Gasteiger charge is 2.43. The molecule has 0 unspecified atom stereocenters. The second-order valence-corrected chi connectivity index (χ2v) is 9.12. The highest BCUT2D eigenvalue weighted by Crippen LogP contribution is 2.40. The average Bonchev–Trinajstić information content (AvgIpc) is 3.14. The first-order valence-corrected chi connectivity index (χ1v) is 12.0. The Bertz CT molecular complexity index is 1230. The van der Waals surface area contributed by atoms with E-state index in [1.165, 1.54) is 12.1 Å². The Morgan fingerprint density at radius 1 is 1.09 bits per heavy atom. The summed E-state index contributed by atoms with van der Waals surface area (Å²) in [4.78, 5) is 26.2. The summed E-state index contributed by atoms with van der Waals surface area (Å²) in [6.07, 6.45) is -0.615. The molecule has 186 valence electrons. The molecule has 1 heterocycles. The fraction of sp³-hybridized carbons (Fsp3) is 0.385. The number of aromatic nitrogens is 1. The van der Waals surface area contributed by atoms with E-state index in [1.807, 2.05) is 0 Å². The lowest BCUT2D eigenvalue weighted by molar-refractivity contribution is -0.143. The number of alkyl halides is 3. The van der Waals surface area contributed by atoms with Crippen molar-refractivity contribution >= 4 is 34.2 Å². The number of benzene rings is 2. The Kier molecular flexibility index (Phi) is 7.40. The average molecular weight is 507 g/mol. The van der Waals surface area contributed by atoms with Gasteiger partial charge >= 0.3 is 6.18 Å². The van der Waals surface area contributed by atoms with Gasteiger partial charge in [-0.3, -0.25) is 9.59 Å². The zero-order valence-corrected chi connectivity index (χ0v) is 20.0. The number of nitrogens with zero attached hydrogens (tertiary/aromatic N) is 1. The van der Waals surface area contributed by atoms with Gasteiger partial charge in [-0.2, -0.15) is 13.2 Å². The molecule has 4 rings (SSSR count). The second kappa shape index (κ2) is 10.3. The number of carbonyl (C=O) groups is 2. The van der Waals surface area contributed by atoms with Gasteiger partial charge in [0.05, 0.1) is 12.2 Å². The summed E-state index contributed by atoms with van der Waals surface area (Å²) in [5.74, 6) is -1.90. The topological polar surface area (TPSA) is 60.3 Å². The minimum atomic E-state index is -4.88. The summed E-state index contributed by atoms with van der Waals surface area (Å²) in [6.45, 7) is 1.89. The van der Waals surface area contributed by atoms with Crippen molar-refractivity contribution in [3.05, 3.63) is 64.3 Å². The number of Topliss-reactive ketones (excluding diaryl/α,β-unsaturated/α-hetero) is 1. The van der Waals surface area contributed by atoms with Crippen LogP contribution in [0.2, 0.25) is 5.02 Å². The van der Waals surface area contributed by atoms with E-state index in [-0.39, 0.29) is 23.5 Å². The van der Waals surface area contributed by atoms with Gasteiger partial charge in [-0.25, -0.2) is 0 Å². The Morgan fingerprint density at radius 3 is 2.40 bits per heavy atom. The summed E-state index contributed by atoms with van der Waals surface area (Å²) < 4.78 is 50.0. The van der Waals surface area contributed by atoms with Crippen molar-refractivity contribution < 1.29 is 27.5 Å². The third-order valence-corrected chi connectivity index (χ3v) is 6.49. The van der Waals surface area contributed by atoms with Gasteiger partial charge in [0.1, 0.15) is 11.4 Å². The third-order valence-electron chi connectivity index (χ3n) is 6.24. The van der Waals surface area contributed by atoms with Crippen LogP contribution in [0.25, 0.3) is 10.9 Å². The lowest BCUT2D eigenvalue weighted by Gasteiger charge is -2.22. The number of ketones is 1. The number of ether oxygens (including phenoxy) is 1. The number of halogens is 4. The van der Waals surface area contributed by atoms with Crippen LogP contribution in [0.5, 0.6) is 5.75 Å². The summed E-state index contributed by atoms with van der Waals surface area (Å²) in [5.41, 5.74) is -1.06. The van der Waals surface area contributed by atoms with Crippen molar-refractivity contribution in [2.24, 2.45) is 0 Å². The maximum atomic E-state index is 14.5. The molecule has 9 heteroatoms. The van der Waals surface area contributed by atoms with Crippen molar-refractivity contribution in [1.82, 2.24) is 9.88 Å². The molecule has 0 saturated heterocycles. The molecule has 1 aromatic heterocycles. The van der Waals surface area contributed by atoms with Gasteiger partial charge in [0.15, 0.2) is 0 Å². The summed E-state index contributed by atoms with van der Waals surface area (Å²) in [6, 6.07) is 10.7. The molecule has 0 spiro atoms. The second-order valence-electron chi connectivity index (χ2n) is 8.68. The Hall–Kier alpha value is -3.00. The molecule has 0 bridgehead atoms. The van der Waals surface area contributed by atoms with Crippen molar-refractivity contribution in [2.45, 2.75) is 57.8 Å². The summed E-state index contributed by atoms with van der Waals surface area (Å²) in [7, 11) is 0. The number of nitrogens with one attached hydrogen (secondary N) is 1. The van der Waals surface area contributed by atoms with Gasteiger partial charge in [0, 0.05) is 28.5 Å². The summed E-state index contributed by atoms with van der Waals surface area (Å²) >= 11 is 5.93. The lowest BCUT2D eigenvalue weighted by atomic mass is 9.95. The molecule has 2 aromatic carbocycles. The molecule has 35 heavy (non-hydrogen) atoms. The standard InChI is InChI=1S/C26H26ClF3N2O3/c1-2-35-19-12-13-21-20(14-19)22(23(33)25(34)31-18-6-4-3-5-7-18)24(26(28,29)30)32(21)15-16-8-10-17(27)11-9-16/h8-14,18H,2-7,15H2,1H3,(H,31,34). The predicted molar refractivity (Wildman–Crippen MR) is 128 cm³/mol. The number of hydrogen-bond donors (Lipinski definition) is 1. The van der Waals surface area contributed by atoms with E-state index in [0.29, 0.717) is 35.8 Å². The molecule has 1 amide bonds. The minimum Gasteiger partial charge on any atom is -0.494 e. The van der Waals surface area contributed by atoms with Crippen LogP contribution in [-0.4, -0.2) is 28.9 Å². The third kappa shape index (κ3) is 5.48. The molecule has 1 aliphatic carbocycles. The van der Waals surface area contributed by atoms with Crippen LogP contribution in [0.3, 0.4) is 0 Å². The fourth-order valence-corrected chi connectivity index (χ4v) is 4.79. The number of rotatable bonds is 7. The maximum Gasteiger partial charge on any atom is 0.432 e. The molecular formula is C26H26ClF3N2O3. The van der Waals surface area contributed by atoms with Gasteiger partial charge < -0.3 is 14.6 Å². The molecule has 0 atom stereocenters. The van der Waals surface area contributed by atoms with Crippen molar-refractivity contribution in [1.29, 1.82) is 0 Å². The number of carbonyl (C=O) groups excluding carboxylic acids is 2. The molecule has 1 N–H and O–H groups in total. The van der Waals surface area contributed by atoms with Crippen LogP contribution >= 0.6 is 11.6 Å². The molecule has 5 nitrogen and oxygen atoms in total. The normalized spacial score (nSPS) is 14.8. The van der Waals surface area contributed by atoms with Gasteiger partial charge in [-0.05, 0) is 55.7 Å². The summed E-state index contributed by atoms with van der Waals surface area (Å²) in [5, 5.41) is 3.14. The van der Waals surface area contributed by atoms with E-state index in [0.717, 1.165) is 23.8 Å². The van der Waals surface area contributed by atoms with Crippen molar-refractivity contribution in [2.75, 3.05) is 6.61 Å². The Labute approximate surface area is 206 Å². The van der Waals surface area contributed by atoms with Crippen molar-refractivity contribution in [3.8, 4) is 5.75 Å². The molecular weight excluding hydrogens is 481 g/mol. The Morgan fingerprint density at radius 2 is 1.77 bits per heavy atom. The molecule has 0 radical (unpaired) electrons. The first-order chi connectivity index (χ1) is 16.7. The number of fused-ring (bicyclic) bond motifs is 1. The van der Waals surface area contributed by atoms with Crippen molar-refractivity contribution in [3.63, 3.8) is 0 Å². The molecule has 3 aromatic rings. The molecule has 1 fully saturated rings. The van der Waals surface area contributed by atoms with Gasteiger partial charge in [0.2, 0.25) is 0 Å². The highest BCUT2D eigenvalue weighted by molar-refractivity contribution is 6.45. The first-order valence-electron chi connectivity index (χ1n) is 11.6. The van der Waals surface area contributed by atoms with E-state index in [4.69, 9.17) is 16.3 Å². The fourth-order valence-electron chi connectivity index (χ4n) is 4.66. The van der Waals surface area contributed by atoms with Crippen LogP contribution in [0.15, 0.2) is 42.5 Å². The van der Waals surface area contributed by atoms with Crippen LogP contribution in [0.4, 0.5) is 13.2 Å². The molecule has 1 saturated carbocycles. The van der Waals surface area contributed by atoms with E-state index < -0.39 is 29.1 Å². The first kappa shape index (κ1) is 25.1. The Balaban J connectivity index is 1.85.